The maximum atomic E-state index is 13.4. The van der Waals surface area contributed by atoms with Crippen LogP contribution in [-0.4, -0.2) is 39.6 Å². The van der Waals surface area contributed by atoms with Crippen LogP contribution in [0.25, 0.3) is 0 Å². The van der Waals surface area contributed by atoms with Gasteiger partial charge in [-0.1, -0.05) is 26.0 Å². The van der Waals surface area contributed by atoms with Gasteiger partial charge in [-0.3, -0.25) is 14.3 Å². The molecule has 0 radical (unpaired) electrons. The molecule has 1 amide bonds. The lowest BCUT2D eigenvalue weighted by Gasteiger charge is -2.24. The predicted octanol–water partition coefficient (Wildman–Crippen LogP) is 1.66. The summed E-state index contributed by atoms with van der Waals surface area (Å²) in [4.78, 5) is 14.2. The number of carbonyl (C=O) groups excluding carboxylic acids is 1. The quantitative estimate of drug-likeness (QED) is 0.899. The molecule has 1 heterocycles. The van der Waals surface area contributed by atoms with Crippen LogP contribution < -0.4 is 5.32 Å². The van der Waals surface area contributed by atoms with Gasteiger partial charge in [0.2, 0.25) is 5.91 Å². The monoisotopic (exact) mass is 312 g/mol. The largest absolute Gasteiger partial charge is 0.321 e. The van der Waals surface area contributed by atoms with E-state index in [4.69, 9.17) is 0 Å². The van der Waals surface area contributed by atoms with Crippen molar-refractivity contribution in [1.29, 1.82) is 0 Å². The van der Waals surface area contributed by atoms with Gasteiger partial charge >= 0.3 is 0 Å². The minimum absolute atomic E-state index is 0.00953. The van der Waals surface area contributed by atoms with Crippen molar-refractivity contribution in [3.05, 3.63) is 35.6 Å². The van der Waals surface area contributed by atoms with Crippen LogP contribution >= 0.6 is 0 Å². The van der Waals surface area contributed by atoms with Crippen LogP contribution in [0.1, 0.15) is 25.6 Å². The smallest absolute Gasteiger partial charge is 0.241 e. The van der Waals surface area contributed by atoms with E-state index < -0.39 is 10.8 Å². The predicted molar refractivity (Wildman–Crippen MR) is 81.5 cm³/mol. The Kier molecular flexibility index (Phi) is 5.11. The molecular formula is C15H21FN2O2S. The highest BCUT2D eigenvalue weighted by atomic mass is 32.2. The summed E-state index contributed by atoms with van der Waals surface area (Å²) < 4.78 is 24.7. The minimum atomic E-state index is -0.970. The fourth-order valence-electron chi connectivity index (χ4n) is 2.53. The van der Waals surface area contributed by atoms with E-state index in [0.29, 0.717) is 17.9 Å². The van der Waals surface area contributed by atoms with Crippen LogP contribution in [0, 0.1) is 11.7 Å². The molecule has 21 heavy (non-hydrogen) atoms. The molecule has 0 saturated carbocycles. The lowest BCUT2D eigenvalue weighted by Crippen LogP contribution is -2.36. The summed E-state index contributed by atoms with van der Waals surface area (Å²) in [6, 6.07) is 5.96. The van der Waals surface area contributed by atoms with E-state index in [9.17, 15) is 13.4 Å². The molecule has 1 aromatic rings. The zero-order valence-corrected chi connectivity index (χ0v) is 13.3. The van der Waals surface area contributed by atoms with Gasteiger partial charge in [0.05, 0.1) is 6.04 Å². The van der Waals surface area contributed by atoms with Crippen LogP contribution in [0.5, 0.6) is 0 Å². The molecule has 2 rings (SSSR count). The van der Waals surface area contributed by atoms with E-state index in [0.717, 1.165) is 0 Å². The molecule has 1 aliphatic rings. The molecule has 1 fully saturated rings. The van der Waals surface area contributed by atoms with E-state index >= 15 is 0 Å². The van der Waals surface area contributed by atoms with Crippen molar-refractivity contribution in [1.82, 2.24) is 10.2 Å². The zero-order chi connectivity index (χ0) is 15.6. The Balaban J connectivity index is 2.27. The SMILES string of the molecule is CC(C)C1NC(c2cccc(F)c2)N(CCS(C)=O)C1=O. The fraction of sp³-hybridized carbons (Fsp3) is 0.533. The third-order valence-electron chi connectivity index (χ3n) is 3.65. The van der Waals surface area contributed by atoms with E-state index in [1.165, 1.54) is 12.1 Å². The minimum Gasteiger partial charge on any atom is -0.321 e. The van der Waals surface area contributed by atoms with Crippen molar-refractivity contribution in [2.75, 3.05) is 18.6 Å². The van der Waals surface area contributed by atoms with E-state index in [-0.39, 0.29) is 29.8 Å². The van der Waals surface area contributed by atoms with Crippen molar-refractivity contribution in [2.24, 2.45) is 5.92 Å². The van der Waals surface area contributed by atoms with Crippen molar-refractivity contribution < 1.29 is 13.4 Å². The zero-order valence-electron chi connectivity index (χ0n) is 12.5. The highest BCUT2D eigenvalue weighted by Crippen LogP contribution is 2.28. The molecule has 4 nitrogen and oxygen atoms in total. The van der Waals surface area contributed by atoms with Crippen LogP contribution in [0.2, 0.25) is 0 Å². The first kappa shape index (κ1) is 16.1. The molecule has 1 aromatic carbocycles. The van der Waals surface area contributed by atoms with Crippen LogP contribution in [-0.2, 0) is 15.6 Å². The summed E-state index contributed by atoms with van der Waals surface area (Å²) in [6.45, 7) is 4.35. The molecule has 3 atom stereocenters. The van der Waals surface area contributed by atoms with E-state index in [1.54, 1.807) is 23.3 Å². The van der Waals surface area contributed by atoms with Crippen molar-refractivity contribution >= 4 is 16.7 Å². The lowest BCUT2D eigenvalue weighted by atomic mass is 10.1. The number of halogens is 1. The normalized spacial score (nSPS) is 23.9. The molecule has 1 aliphatic heterocycles. The molecular weight excluding hydrogens is 291 g/mol. The summed E-state index contributed by atoms with van der Waals surface area (Å²) in [7, 11) is -0.970. The van der Waals surface area contributed by atoms with E-state index in [2.05, 4.69) is 5.32 Å². The van der Waals surface area contributed by atoms with Gasteiger partial charge in [0, 0.05) is 29.4 Å². The van der Waals surface area contributed by atoms with Crippen molar-refractivity contribution in [3.8, 4) is 0 Å². The molecule has 1 N–H and O–H groups in total. The van der Waals surface area contributed by atoms with Gasteiger partial charge in [-0.05, 0) is 23.6 Å². The molecule has 0 bridgehead atoms. The number of carbonyl (C=O) groups is 1. The summed E-state index contributed by atoms with van der Waals surface area (Å²) >= 11 is 0. The van der Waals surface area contributed by atoms with Gasteiger partial charge in [-0.25, -0.2) is 4.39 Å². The first-order chi connectivity index (χ1) is 9.90. The second kappa shape index (κ2) is 6.66. The highest BCUT2D eigenvalue weighted by Gasteiger charge is 2.40. The fourth-order valence-corrected chi connectivity index (χ4v) is 2.99. The van der Waals surface area contributed by atoms with Crippen LogP contribution in [0.15, 0.2) is 24.3 Å². The van der Waals surface area contributed by atoms with Gasteiger partial charge in [-0.2, -0.15) is 0 Å². The summed E-state index contributed by atoms with van der Waals surface area (Å²) in [5.74, 6) is 0.230. The van der Waals surface area contributed by atoms with Gasteiger partial charge in [0.25, 0.3) is 0 Å². The molecule has 0 spiro atoms. The van der Waals surface area contributed by atoms with E-state index in [1.807, 2.05) is 13.8 Å². The van der Waals surface area contributed by atoms with Crippen molar-refractivity contribution in [2.45, 2.75) is 26.1 Å². The van der Waals surface area contributed by atoms with Gasteiger partial charge < -0.3 is 4.90 Å². The number of hydrogen-bond donors (Lipinski definition) is 1. The second-order valence-electron chi connectivity index (χ2n) is 5.65. The lowest BCUT2D eigenvalue weighted by molar-refractivity contribution is -0.130. The molecule has 3 unspecified atom stereocenters. The van der Waals surface area contributed by atoms with Gasteiger partial charge in [0.15, 0.2) is 0 Å². The molecule has 6 heteroatoms. The number of nitrogens with one attached hydrogen (secondary N) is 1. The highest BCUT2D eigenvalue weighted by molar-refractivity contribution is 7.84. The van der Waals surface area contributed by atoms with Crippen molar-refractivity contribution in [3.63, 3.8) is 0 Å². The first-order valence-corrected chi connectivity index (χ1v) is 8.75. The van der Waals surface area contributed by atoms with Crippen LogP contribution in [0.4, 0.5) is 4.39 Å². The molecule has 1 saturated heterocycles. The number of hydrogen-bond acceptors (Lipinski definition) is 3. The Morgan fingerprint density at radius 2 is 2.14 bits per heavy atom. The van der Waals surface area contributed by atoms with Gasteiger partial charge in [-0.15, -0.1) is 0 Å². The topological polar surface area (TPSA) is 49.4 Å². The Bertz CT molecular complexity index is 550. The Morgan fingerprint density at radius 3 is 2.71 bits per heavy atom. The summed E-state index contributed by atoms with van der Waals surface area (Å²) in [5.41, 5.74) is 0.716. The standard InChI is InChI=1S/C15H21FN2O2S/c1-10(2)13-15(19)18(7-8-21(3)20)14(17-13)11-5-4-6-12(16)9-11/h4-6,9-10,13-14,17H,7-8H2,1-3H3. The first-order valence-electron chi connectivity index (χ1n) is 7.02. The average Bonchev–Trinajstić information content (AvgIpc) is 2.73. The number of amides is 1. The summed E-state index contributed by atoms with van der Waals surface area (Å²) in [6.07, 6.45) is 1.26. The Hall–Kier alpha value is -1.27. The third kappa shape index (κ3) is 3.68. The molecule has 116 valence electrons. The average molecular weight is 312 g/mol. The second-order valence-corrected chi connectivity index (χ2v) is 7.21. The maximum Gasteiger partial charge on any atom is 0.241 e. The molecule has 0 aliphatic carbocycles. The summed E-state index contributed by atoms with van der Waals surface area (Å²) in [5, 5.41) is 3.27. The molecule has 0 aromatic heterocycles. The van der Waals surface area contributed by atoms with Crippen LogP contribution in [0.3, 0.4) is 0 Å². The number of benzene rings is 1. The third-order valence-corrected chi connectivity index (χ3v) is 4.41. The number of nitrogens with zero attached hydrogens (tertiary/aromatic N) is 1. The van der Waals surface area contributed by atoms with Gasteiger partial charge in [0.1, 0.15) is 12.0 Å². The Morgan fingerprint density at radius 1 is 1.43 bits per heavy atom. The Labute approximate surface area is 127 Å². The maximum absolute atomic E-state index is 13.4. The number of rotatable bonds is 5.